The van der Waals surface area contributed by atoms with Gasteiger partial charge in [-0.05, 0) is 25.0 Å². The van der Waals surface area contributed by atoms with Gasteiger partial charge in [0.05, 0.1) is 21.3 Å². The lowest BCUT2D eigenvalue weighted by molar-refractivity contribution is -0.384. The second-order valence-corrected chi connectivity index (χ2v) is 7.57. The number of halogens is 1. The average molecular weight is 431 g/mol. The molecular weight excluding hydrogens is 412 g/mol. The van der Waals surface area contributed by atoms with Gasteiger partial charge in [0, 0.05) is 31.1 Å². The molecular formula is C20H19ClN4O5. The summed E-state index contributed by atoms with van der Waals surface area (Å²) in [5.74, 6) is -0.225. The number of nitro benzene ring substituents is 1. The topological polar surface area (TPSA) is 114 Å². The van der Waals surface area contributed by atoms with Gasteiger partial charge in [-0.15, -0.1) is 0 Å². The van der Waals surface area contributed by atoms with Crippen LogP contribution >= 0.6 is 11.6 Å². The minimum atomic E-state index is -0.392. The van der Waals surface area contributed by atoms with E-state index in [4.69, 9.17) is 16.3 Å². The molecule has 0 atom stereocenters. The molecule has 0 bridgehead atoms. The van der Waals surface area contributed by atoms with Crippen LogP contribution in [-0.4, -0.2) is 36.4 Å². The van der Waals surface area contributed by atoms with E-state index in [9.17, 15) is 19.7 Å². The van der Waals surface area contributed by atoms with Gasteiger partial charge in [-0.2, -0.15) is 0 Å². The molecule has 4 rings (SSSR count). The predicted molar refractivity (Wildman–Crippen MR) is 112 cm³/mol. The summed E-state index contributed by atoms with van der Waals surface area (Å²) in [6.45, 7) is 0.984. The number of hydrogen-bond donors (Lipinski definition) is 2. The normalized spacial score (nSPS) is 16.3. The van der Waals surface area contributed by atoms with Crippen molar-refractivity contribution < 1.29 is 19.2 Å². The third kappa shape index (κ3) is 4.02. The van der Waals surface area contributed by atoms with E-state index in [2.05, 4.69) is 10.6 Å². The molecule has 0 aromatic heterocycles. The Morgan fingerprint density at radius 2 is 2.00 bits per heavy atom. The summed E-state index contributed by atoms with van der Waals surface area (Å²) >= 11 is 6.25. The summed E-state index contributed by atoms with van der Waals surface area (Å²) in [6.07, 6.45) is 1.12. The Labute approximate surface area is 177 Å². The van der Waals surface area contributed by atoms with E-state index in [0.29, 0.717) is 53.8 Å². The molecule has 2 aromatic rings. The van der Waals surface area contributed by atoms with Crippen molar-refractivity contribution in [2.24, 2.45) is 5.92 Å². The maximum absolute atomic E-state index is 12.8. The second kappa shape index (κ2) is 8.19. The molecule has 2 heterocycles. The van der Waals surface area contributed by atoms with Crippen LogP contribution in [0.4, 0.5) is 22.7 Å². The summed E-state index contributed by atoms with van der Waals surface area (Å²) in [4.78, 5) is 37.0. The number of rotatable bonds is 4. The molecule has 1 saturated heterocycles. The van der Waals surface area contributed by atoms with Gasteiger partial charge in [-0.3, -0.25) is 19.7 Å². The lowest BCUT2D eigenvalue weighted by Gasteiger charge is -2.32. The van der Waals surface area contributed by atoms with E-state index in [1.54, 1.807) is 30.3 Å². The van der Waals surface area contributed by atoms with Gasteiger partial charge in [0.2, 0.25) is 5.91 Å². The quantitative estimate of drug-likeness (QED) is 0.567. The summed E-state index contributed by atoms with van der Waals surface area (Å²) < 4.78 is 5.37. The van der Waals surface area contributed by atoms with Crippen LogP contribution < -0.4 is 20.3 Å². The van der Waals surface area contributed by atoms with Crippen LogP contribution in [0.15, 0.2) is 36.4 Å². The first-order valence-corrected chi connectivity index (χ1v) is 9.85. The number of anilines is 3. The third-order valence-corrected chi connectivity index (χ3v) is 5.56. The number of fused-ring (bicyclic) bond motifs is 1. The number of carbonyl (C=O) groups excluding carboxylic acids is 2. The highest BCUT2D eigenvalue weighted by Gasteiger charge is 2.29. The molecule has 9 nitrogen and oxygen atoms in total. The smallest absolute Gasteiger partial charge is 0.292 e. The van der Waals surface area contributed by atoms with E-state index in [-0.39, 0.29) is 30.0 Å². The number of amides is 2. The van der Waals surface area contributed by atoms with E-state index in [0.717, 1.165) is 0 Å². The van der Waals surface area contributed by atoms with E-state index >= 15 is 0 Å². The number of para-hydroxylation sites is 2. The van der Waals surface area contributed by atoms with Crippen LogP contribution in [0.2, 0.25) is 5.02 Å². The van der Waals surface area contributed by atoms with Crippen molar-refractivity contribution >= 4 is 46.2 Å². The van der Waals surface area contributed by atoms with Crippen molar-refractivity contribution in [3.8, 4) is 5.75 Å². The zero-order chi connectivity index (χ0) is 21.3. The molecule has 10 heteroatoms. The average Bonchev–Trinajstić information content (AvgIpc) is 2.74. The fraction of sp³-hybridized carbons (Fsp3) is 0.300. The fourth-order valence-corrected chi connectivity index (χ4v) is 3.91. The molecule has 30 heavy (non-hydrogen) atoms. The molecule has 2 amide bonds. The molecule has 2 aliphatic heterocycles. The number of ether oxygens (including phenoxy) is 1. The number of piperidine rings is 1. The molecule has 0 unspecified atom stereocenters. The molecule has 2 N–H and O–H groups in total. The standard InChI is InChI=1S/C20H19ClN4O5/c21-13-9-15-18(30-11-19(26)22-15)10-14(13)23-20(27)12-5-7-24(8-6-12)16-3-1-2-4-17(16)25(28)29/h1-4,9-10,12H,5-8,11H2,(H,22,26)(H,23,27). The minimum absolute atomic E-state index is 0.0633. The molecule has 0 spiro atoms. The van der Waals surface area contributed by atoms with Gasteiger partial charge in [0.1, 0.15) is 11.4 Å². The van der Waals surface area contributed by atoms with Gasteiger partial charge in [0.25, 0.3) is 11.6 Å². The van der Waals surface area contributed by atoms with Crippen LogP contribution in [0.1, 0.15) is 12.8 Å². The van der Waals surface area contributed by atoms with Crippen molar-refractivity contribution in [3.63, 3.8) is 0 Å². The SMILES string of the molecule is O=C1COc2cc(NC(=O)C3CCN(c4ccccc4[N+](=O)[O-])CC3)c(Cl)cc2N1. The van der Waals surface area contributed by atoms with Gasteiger partial charge in [-0.1, -0.05) is 23.7 Å². The van der Waals surface area contributed by atoms with Crippen LogP contribution in [0.3, 0.4) is 0 Å². The van der Waals surface area contributed by atoms with Gasteiger partial charge < -0.3 is 20.3 Å². The first kappa shape index (κ1) is 20.0. The van der Waals surface area contributed by atoms with Crippen molar-refractivity contribution in [1.82, 2.24) is 0 Å². The first-order chi connectivity index (χ1) is 14.4. The fourth-order valence-electron chi connectivity index (χ4n) is 3.70. The van der Waals surface area contributed by atoms with Gasteiger partial charge >= 0.3 is 0 Å². The Hall–Kier alpha value is -3.33. The summed E-state index contributed by atoms with van der Waals surface area (Å²) in [5, 5.41) is 17.1. The van der Waals surface area contributed by atoms with Crippen LogP contribution in [0, 0.1) is 16.0 Å². The monoisotopic (exact) mass is 430 g/mol. The lowest BCUT2D eigenvalue weighted by Crippen LogP contribution is -2.38. The number of nitrogens with zero attached hydrogens (tertiary/aromatic N) is 2. The molecule has 0 saturated carbocycles. The van der Waals surface area contributed by atoms with Crippen LogP contribution in [0.5, 0.6) is 5.75 Å². The van der Waals surface area contributed by atoms with E-state index in [1.807, 2.05) is 4.90 Å². The Balaban J connectivity index is 1.41. The van der Waals surface area contributed by atoms with Crippen molar-refractivity contribution in [2.75, 3.05) is 35.2 Å². The number of nitrogens with one attached hydrogen (secondary N) is 2. The molecule has 2 aromatic carbocycles. The Morgan fingerprint density at radius 3 is 2.73 bits per heavy atom. The maximum Gasteiger partial charge on any atom is 0.292 e. The highest BCUT2D eigenvalue weighted by Crippen LogP contribution is 2.37. The lowest BCUT2D eigenvalue weighted by atomic mass is 9.95. The zero-order valence-electron chi connectivity index (χ0n) is 15.9. The van der Waals surface area contributed by atoms with Crippen molar-refractivity contribution in [3.05, 3.63) is 51.5 Å². The number of carbonyl (C=O) groups is 2. The number of benzene rings is 2. The van der Waals surface area contributed by atoms with Gasteiger partial charge in [0.15, 0.2) is 6.61 Å². The largest absolute Gasteiger partial charge is 0.482 e. The molecule has 2 aliphatic rings. The molecule has 1 fully saturated rings. The summed E-state index contributed by atoms with van der Waals surface area (Å²) in [7, 11) is 0. The Bertz CT molecular complexity index is 1020. The van der Waals surface area contributed by atoms with Crippen molar-refractivity contribution in [2.45, 2.75) is 12.8 Å². The number of nitro groups is 1. The van der Waals surface area contributed by atoms with Crippen LogP contribution in [-0.2, 0) is 9.59 Å². The second-order valence-electron chi connectivity index (χ2n) is 7.16. The summed E-state index contributed by atoms with van der Waals surface area (Å²) in [6, 6.07) is 9.75. The highest BCUT2D eigenvalue weighted by molar-refractivity contribution is 6.34. The molecule has 0 aliphatic carbocycles. The predicted octanol–water partition coefficient (Wildman–Crippen LogP) is 3.43. The third-order valence-electron chi connectivity index (χ3n) is 5.24. The summed E-state index contributed by atoms with van der Waals surface area (Å²) in [5.41, 5.74) is 1.51. The molecule has 0 radical (unpaired) electrons. The van der Waals surface area contributed by atoms with Crippen molar-refractivity contribution in [1.29, 1.82) is 0 Å². The highest BCUT2D eigenvalue weighted by atomic mass is 35.5. The Kier molecular flexibility index (Phi) is 5.45. The molecule has 156 valence electrons. The van der Waals surface area contributed by atoms with Crippen LogP contribution in [0.25, 0.3) is 0 Å². The van der Waals surface area contributed by atoms with E-state index < -0.39 is 4.92 Å². The zero-order valence-corrected chi connectivity index (χ0v) is 16.6. The number of hydrogen-bond acceptors (Lipinski definition) is 6. The van der Waals surface area contributed by atoms with Gasteiger partial charge in [-0.25, -0.2) is 0 Å². The van der Waals surface area contributed by atoms with E-state index in [1.165, 1.54) is 6.07 Å². The Morgan fingerprint density at radius 1 is 1.27 bits per heavy atom. The maximum atomic E-state index is 12.8. The first-order valence-electron chi connectivity index (χ1n) is 9.48. The minimum Gasteiger partial charge on any atom is -0.482 e.